The third-order valence-electron chi connectivity index (χ3n) is 2.01. The Bertz CT molecular complexity index is 391. The molecule has 0 aromatic carbocycles. The molecule has 88 valence electrons. The molecule has 0 unspecified atom stereocenters. The van der Waals surface area contributed by atoms with Gasteiger partial charge in [-0.05, 0) is 18.6 Å². The normalized spacial score (nSPS) is 10.1. The number of hydrogen-bond donors (Lipinski definition) is 1. The zero-order valence-corrected chi connectivity index (χ0v) is 10.3. The molecule has 1 N–H and O–H groups in total. The fraction of sp³-hybridized carbons (Fsp3) is 0.400. The van der Waals surface area contributed by atoms with E-state index in [4.69, 9.17) is 16.7 Å². The van der Waals surface area contributed by atoms with E-state index >= 15 is 0 Å². The standard InChI is InChI=1S/C10H12ClNO3S/c1-12(6-10(14)15)9(13)5-3-7-2-4-8(11)16-7/h2,4H,3,5-6H2,1H3,(H,14,15). The number of aryl methyl sites for hydroxylation is 1. The molecule has 0 saturated heterocycles. The van der Waals surface area contributed by atoms with E-state index in [1.54, 1.807) is 6.07 Å². The first kappa shape index (κ1) is 13.0. The van der Waals surface area contributed by atoms with Gasteiger partial charge < -0.3 is 10.0 Å². The van der Waals surface area contributed by atoms with Crippen molar-refractivity contribution in [3.63, 3.8) is 0 Å². The monoisotopic (exact) mass is 261 g/mol. The Morgan fingerprint density at radius 2 is 2.19 bits per heavy atom. The molecule has 0 bridgehead atoms. The third kappa shape index (κ3) is 4.20. The van der Waals surface area contributed by atoms with Crippen LogP contribution in [0.1, 0.15) is 11.3 Å². The van der Waals surface area contributed by atoms with Crippen LogP contribution >= 0.6 is 22.9 Å². The maximum Gasteiger partial charge on any atom is 0.323 e. The van der Waals surface area contributed by atoms with Crippen molar-refractivity contribution in [2.24, 2.45) is 0 Å². The van der Waals surface area contributed by atoms with Gasteiger partial charge in [-0.2, -0.15) is 0 Å². The highest BCUT2D eigenvalue weighted by Crippen LogP contribution is 2.22. The number of carbonyl (C=O) groups excluding carboxylic acids is 1. The van der Waals surface area contributed by atoms with E-state index < -0.39 is 5.97 Å². The van der Waals surface area contributed by atoms with Crippen molar-refractivity contribution < 1.29 is 14.7 Å². The van der Waals surface area contributed by atoms with Gasteiger partial charge in [-0.25, -0.2) is 0 Å². The van der Waals surface area contributed by atoms with Gasteiger partial charge in [0.25, 0.3) is 0 Å². The highest BCUT2D eigenvalue weighted by atomic mass is 35.5. The Labute approximate surface area is 102 Å². The first-order valence-corrected chi connectivity index (χ1v) is 5.88. The van der Waals surface area contributed by atoms with Crippen LogP contribution in [0.25, 0.3) is 0 Å². The minimum atomic E-state index is -1.00. The Morgan fingerprint density at radius 1 is 1.50 bits per heavy atom. The van der Waals surface area contributed by atoms with Crippen LogP contribution in [0.5, 0.6) is 0 Å². The van der Waals surface area contributed by atoms with Crippen molar-refractivity contribution >= 4 is 34.8 Å². The van der Waals surface area contributed by atoms with Crippen LogP contribution in [-0.4, -0.2) is 35.5 Å². The number of hydrogen-bond acceptors (Lipinski definition) is 3. The number of thiophene rings is 1. The summed E-state index contributed by atoms with van der Waals surface area (Å²) in [7, 11) is 1.48. The fourth-order valence-electron chi connectivity index (χ4n) is 1.20. The summed E-state index contributed by atoms with van der Waals surface area (Å²) >= 11 is 7.19. The van der Waals surface area contributed by atoms with Crippen molar-refractivity contribution in [2.75, 3.05) is 13.6 Å². The van der Waals surface area contributed by atoms with Gasteiger partial charge in [-0.1, -0.05) is 11.6 Å². The average Bonchev–Trinajstić information content (AvgIpc) is 2.59. The predicted molar refractivity (Wildman–Crippen MR) is 62.9 cm³/mol. The molecule has 0 saturated carbocycles. The summed E-state index contributed by atoms with van der Waals surface area (Å²) in [6, 6.07) is 3.66. The first-order chi connectivity index (χ1) is 7.49. The van der Waals surface area contributed by atoms with E-state index in [1.807, 2.05) is 6.07 Å². The van der Waals surface area contributed by atoms with E-state index in [2.05, 4.69) is 0 Å². The molecule has 0 spiro atoms. The molecule has 1 aromatic rings. The van der Waals surface area contributed by atoms with Gasteiger partial charge in [-0.3, -0.25) is 9.59 Å². The number of amides is 1. The SMILES string of the molecule is CN(CC(=O)O)C(=O)CCc1ccc(Cl)s1. The number of rotatable bonds is 5. The average molecular weight is 262 g/mol. The molecule has 0 radical (unpaired) electrons. The van der Waals surface area contributed by atoms with Crippen LogP contribution in [0.3, 0.4) is 0 Å². The van der Waals surface area contributed by atoms with Crippen molar-refractivity contribution in [3.8, 4) is 0 Å². The second kappa shape index (κ2) is 5.86. The summed E-state index contributed by atoms with van der Waals surface area (Å²) in [4.78, 5) is 24.1. The lowest BCUT2D eigenvalue weighted by Crippen LogP contribution is -2.31. The molecule has 1 aromatic heterocycles. The van der Waals surface area contributed by atoms with Crippen molar-refractivity contribution in [1.82, 2.24) is 4.90 Å². The molecule has 0 atom stereocenters. The van der Waals surface area contributed by atoms with Crippen LogP contribution in [0.2, 0.25) is 4.34 Å². The second-order valence-corrected chi connectivity index (χ2v) is 5.15. The molecule has 0 aliphatic rings. The molecule has 1 heterocycles. The summed E-state index contributed by atoms with van der Waals surface area (Å²) in [6.45, 7) is -0.260. The van der Waals surface area contributed by atoms with Crippen molar-refractivity contribution in [2.45, 2.75) is 12.8 Å². The Kier molecular flexibility index (Phi) is 4.76. The minimum Gasteiger partial charge on any atom is -0.480 e. The number of carboxylic acids is 1. The highest BCUT2D eigenvalue weighted by Gasteiger charge is 2.12. The van der Waals surface area contributed by atoms with Crippen LogP contribution in [0.4, 0.5) is 0 Å². The largest absolute Gasteiger partial charge is 0.480 e. The van der Waals surface area contributed by atoms with Crippen LogP contribution < -0.4 is 0 Å². The molecule has 0 fully saturated rings. The topological polar surface area (TPSA) is 57.6 Å². The summed E-state index contributed by atoms with van der Waals surface area (Å²) in [5.41, 5.74) is 0. The summed E-state index contributed by atoms with van der Waals surface area (Å²) in [5, 5.41) is 8.51. The highest BCUT2D eigenvalue weighted by molar-refractivity contribution is 7.16. The number of nitrogens with zero attached hydrogens (tertiary/aromatic N) is 1. The maximum absolute atomic E-state index is 11.5. The van der Waals surface area contributed by atoms with E-state index in [-0.39, 0.29) is 12.5 Å². The van der Waals surface area contributed by atoms with Gasteiger partial charge in [0.1, 0.15) is 6.54 Å². The smallest absolute Gasteiger partial charge is 0.323 e. The van der Waals surface area contributed by atoms with Crippen LogP contribution in [0.15, 0.2) is 12.1 Å². The van der Waals surface area contributed by atoms with Crippen molar-refractivity contribution in [1.29, 1.82) is 0 Å². The molecule has 16 heavy (non-hydrogen) atoms. The third-order valence-corrected chi connectivity index (χ3v) is 3.30. The van der Waals surface area contributed by atoms with Crippen LogP contribution in [0, 0.1) is 0 Å². The Balaban J connectivity index is 2.37. The minimum absolute atomic E-state index is 0.174. The molecule has 1 rings (SSSR count). The molecule has 4 nitrogen and oxygen atoms in total. The Hall–Kier alpha value is -1.07. The van der Waals surface area contributed by atoms with E-state index in [0.29, 0.717) is 17.2 Å². The lowest BCUT2D eigenvalue weighted by Gasteiger charge is -2.13. The summed E-state index contributed by atoms with van der Waals surface area (Å²) in [5.74, 6) is -1.18. The van der Waals surface area contributed by atoms with E-state index in [9.17, 15) is 9.59 Å². The summed E-state index contributed by atoms with van der Waals surface area (Å²) < 4.78 is 0.696. The van der Waals surface area contributed by atoms with Gasteiger partial charge in [0.2, 0.25) is 5.91 Å². The zero-order valence-electron chi connectivity index (χ0n) is 8.77. The Morgan fingerprint density at radius 3 is 2.69 bits per heavy atom. The maximum atomic E-state index is 11.5. The zero-order chi connectivity index (χ0) is 12.1. The summed E-state index contributed by atoms with van der Waals surface area (Å²) in [6.07, 6.45) is 0.904. The lowest BCUT2D eigenvalue weighted by molar-refractivity contribution is -0.143. The first-order valence-electron chi connectivity index (χ1n) is 4.69. The quantitative estimate of drug-likeness (QED) is 0.880. The van der Waals surface area contributed by atoms with Gasteiger partial charge >= 0.3 is 5.97 Å². The molecular weight excluding hydrogens is 250 g/mol. The number of carbonyl (C=O) groups is 2. The lowest BCUT2D eigenvalue weighted by atomic mass is 10.2. The molecule has 1 amide bonds. The number of carboxylic acid groups (broad SMARTS) is 1. The molecular formula is C10H12ClNO3S. The second-order valence-electron chi connectivity index (χ2n) is 3.35. The van der Waals surface area contributed by atoms with E-state index in [1.165, 1.54) is 23.3 Å². The van der Waals surface area contributed by atoms with Gasteiger partial charge in [0.05, 0.1) is 4.34 Å². The van der Waals surface area contributed by atoms with Crippen molar-refractivity contribution in [3.05, 3.63) is 21.3 Å². The fourth-order valence-corrected chi connectivity index (χ4v) is 2.29. The number of likely N-dealkylation sites (N-methyl/N-ethyl adjacent to an activating group) is 1. The molecule has 0 aliphatic carbocycles. The van der Waals surface area contributed by atoms with E-state index in [0.717, 1.165) is 4.88 Å². The number of halogens is 1. The predicted octanol–water partition coefficient (Wildman–Crippen LogP) is 1.88. The molecule has 0 aliphatic heterocycles. The van der Waals surface area contributed by atoms with Crippen LogP contribution in [-0.2, 0) is 16.0 Å². The number of aliphatic carboxylic acids is 1. The van der Waals surface area contributed by atoms with Gasteiger partial charge in [0.15, 0.2) is 0 Å². The van der Waals surface area contributed by atoms with Gasteiger partial charge in [0, 0.05) is 18.3 Å². The van der Waals surface area contributed by atoms with Gasteiger partial charge in [-0.15, -0.1) is 11.3 Å². The molecule has 6 heteroatoms.